The molecule has 1 aliphatic carbocycles. The number of hydrogen-bond acceptors (Lipinski definition) is 3. The van der Waals surface area contributed by atoms with E-state index in [1.54, 1.807) is 18.3 Å². The molecule has 0 atom stereocenters. The van der Waals surface area contributed by atoms with Crippen LogP contribution in [0.25, 0.3) is 0 Å². The molecular formula is C13H15N3O. The van der Waals surface area contributed by atoms with Crippen molar-refractivity contribution in [3.63, 3.8) is 0 Å². The smallest absolute Gasteiger partial charge is 0.246 e. The quantitative estimate of drug-likeness (QED) is 0.847. The van der Waals surface area contributed by atoms with Crippen LogP contribution < -0.4 is 5.32 Å². The van der Waals surface area contributed by atoms with Gasteiger partial charge in [-0.25, -0.2) is 4.98 Å². The Morgan fingerprint density at radius 3 is 2.71 bits per heavy atom. The van der Waals surface area contributed by atoms with Crippen molar-refractivity contribution in [1.82, 2.24) is 4.98 Å². The van der Waals surface area contributed by atoms with E-state index in [0.717, 1.165) is 19.3 Å². The average molecular weight is 229 g/mol. The van der Waals surface area contributed by atoms with Crippen LogP contribution in [0.4, 0.5) is 5.82 Å². The van der Waals surface area contributed by atoms with Gasteiger partial charge in [-0.3, -0.25) is 4.79 Å². The zero-order valence-electron chi connectivity index (χ0n) is 9.65. The Morgan fingerprint density at radius 2 is 2.12 bits per heavy atom. The minimum Gasteiger partial charge on any atom is -0.309 e. The number of nitriles is 1. The summed E-state index contributed by atoms with van der Waals surface area (Å²) in [6, 6.07) is 7.52. The van der Waals surface area contributed by atoms with Gasteiger partial charge in [0.15, 0.2) is 0 Å². The van der Waals surface area contributed by atoms with Crippen molar-refractivity contribution in [3.05, 3.63) is 24.4 Å². The zero-order valence-corrected chi connectivity index (χ0v) is 9.65. The summed E-state index contributed by atoms with van der Waals surface area (Å²) in [5.74, 6) is 0.302. The summed E-state index contributed by atoms with van der Waals surface area (Å²) in [6.45, 7) is 0. The Balaban J connectivity index is 2.11. The van der Waals surface area contributed by atoms with Crippen LogP contribution in [-0.2, 0) is 4.79 Å². The number of pyridine rings is 1. The molecule has 17 heavy (non-hydrogen) atoms. The highest BCUT2D eigenvalue weighted by atomic mass is 16.2. The second-order valence-electron chi connectivity index (χ2n) is 4.42. The number of carbonyl (C=O) groups is 1. The highest BCUT2D eigenvalue weighted by molar-refractivity contribution is 5.96. The Morgan fingerprint density at radius 1 is 1.35 bits per heavy atom. The molecule has 1 heterocycles. The first-order valence-corrected chi connectivity index (χ1v) is 5.91. The molecule has 0 aromatic carbocycles. The summed E-state index contributed by atoms with van der Waals surface area (Å²) in [5.41, 5.74) is -0.851. The normalized spacial score (nSPS) is 18.1. The van der Waals surface area contributed by atoms with E-state index < -0.39 is 5.41 Å². The molecule has 0 aliphatic heterocycles. The number of rotatable bonds is 2. The maximum Gasteiger partial charge on any atom is 0.246 e. The third-order valence-electron chi connectivity index (χ3n) is 3.26. The number of nitrogens with zero attached hydrogens (tertiary/aromatic N) is 2. The molecule has 1 N–H and O–H groups in total. The van der Waals surface area contributed by atoms with Gasteiger partial charge in [0.05, 0.1) is 6.07 Å². The monoisotopic (exact) mass is 229 g/mol. The number of nitrogens with one attached hydrogen (secondary N) is 1. The van der Waals surface area contributed by atoms with Crippen molar-refractivity contribution in [1.29, 1.82) is 5.26 Å². The zero-order chi connectivity index (χ0) is 12.1. The maximum atomic E-state index is 12.1. The van der Waals surface area contributed by atoms with E-state index in [0.29, 0.717) is 18.7 Å². The second-order valence-corrected chi connectivity index (χ2v) is 4.42. The summed E-state index contributed by atoms with van der Waals surface area (Å²) in [4.78, 5) is 16.2. The van der Waals surface area contributed by atoms with Crippen LogP contribution in [0.5, 0.6) is 0 Å². The van der Waals surface area contributed by atoms with Gasteiger partial charge in [0.2, 0.25) is 5.91 Å². The van der Waals surface area contributed by atoms with Gasteiger partial charge >= 0.3 is 0 Å². The number of anilines is 1. The molecule has 0 bridgehead atoms. The predicted octanol–water partition coefficient (Wildman–Crippen LogP) is 2.49. The molecule has 1 amide bonds. The van der Waals surface area contributed by atoms with Crippen LogP contribution in [0.15, 0.2) is 24.4 Å². The van der Waals surface area contributed by atoms with Gasteiger partial charge < -0.3 is 5.32 Å². The van der Waals surface area contributed by atoms with Crippen LogP contribution in [0.2, 0.25) is 0 Å². The molecule has 1 aliphatic rings. The Kier molecular flexibility index (Phi) is 3.38. The van der Waals surface area contributed by atoms with Crippen molar-refractivity contribution < 1.29 is 4.79 Å². The van der Waals surface area contributed by atoms with Crippen LogP contribution in [0, 0.1) is 16.7 Å². The molecule has 4 heteroatoms. The fourth-order valence-corrected chi connectivity index (χ4v) is 2.22. The van der Waals surface area contributed by atoms with E-state index in [9.17, 15) is 10.1 Å². The lowest BCUT2D eigenvalue weighted by atomic mass is 9.74. The van der Waals surface area contributed by atoms with Crippen molar-refractivity contribution in [2.24, 2.45) is 5.41 Å². The SMILES string of the molecule is N#CC1(C(=O)Nc2ccccn2)CCCCC1. The van der Waals surface area contributed by atoms with Crippen molar-refractivity contribution in [2.75, 3.05) is 5.32 Å². The Labute approximate surface area is 101 Å². The van der Waals surface area contributed by atoms with Gasteiger partial charge in [-0.1, -0.05) is 25.3 Å². The maximum absolute atomic E-state index is 12.1. The standard InChI is InChI=1S/C13H15N3O/c14-10-13(7-3-1-4-8-13)12(17)16-11-6-2-5-9-15-11/h2,5-6,9H,1,3-4,7-8H2,(H,15,16,17). The Bertz CT molecular complexity index is 430. The van der Waals surface area contributed by atoms with Crippen LogP contribution in [-0.4, -0.2) is 10.9 Å². The summed E-state index contributed by atoms with van der Waals surface area (Å²) in [5, 5.41) is 12.0. The minimum atomic E-state index is -0.851. The molecule has 88 valence electrons. The first-order chi connectivity index (χ1) is 8.27. The summed E-state index contributed by atoms with van der Waals surface area (Å²) >= 11 is 0. The van der Waals surface area contributed by atoms with Gasteiger partial charge in [-0.05, 0) is 25.0 Å². The second kappa shape index (κ2) is 4.96. The third-order valence-corrected chi connectivity index (χ3v) is 3.26. The first kappa shape index (κ1) is 11.6. The first-order valence-electron chi connectivity index (χ1n) is 5.91. The minimum absolute atomic E-state index is 0.210. The van der Waals surface area contributed by atoms with Crippen molar-refractivity contribution in [3.8, 4) is 6.07 Å². The molecule has 0 unspecified atom stereocenters. The number of carbonyl (C=O) groups excluding carboxylic acids is 1. The van der Waals surface area contributed by atoms with E-state index >= 15 is 0 Å². The molecule has 1 aromatic rings. The summed E-state index contributed by atoms with van der Waals surface area (Å²) < 4.78 is 0. The highest BCUT2D eigenvalue weighted by Gasteiger charge is 2.39. The topological polar surface area (TPSA) is 65.8 Å². The number of aromatic nitrogens is 1. The van der Waals surface area contributed by atoms with Crippen molar-refractivity contribution >= 4 is 11.7 Å². The lowest BCUT2D eigenvalue weighted by molar-refractivity contribution is -0.124. The molecular weight excluding hydrogens is 214 g/mol. The van der Waals surface area contributed by atoms with Crippen LogP contribution in [0.1, 0.15) is 32.1 Å². The van der Waals surface area contributed by atoms with E-state index in [1.165, 1.54) is 0 Å². The summed E-state index contributed by atoms with van der Waals surface area (Å²) in [7, 11) is 0. The van der Waals surface area contributed by atoms with E-state index in [-0.39, 0.29) is 5.91 Å². The lowest BCUT2D eigenvalue weighted by Gasteiger charge is -2.28. The van der Waals surface area contributed by atoms with Gasteiger partial charge in [0.1, 0.15) is 11.2 Å². The fraction of sp³-hybridized carbons (Fsp3) is 0.462. The number of hydrogen-bond donors (Lipinski definition) is 1. The summed E-state index contributed by atoms with van der Waals surface area (Å²) in [6.07, 6.45) is 5.94. The molecule has 1 aromatic heterocycles. The largest absolute Gasteiger partial charge is 0.309 e. The van der Waals surface area contributed by atoms with Crippen LogP contribution in [0.3, 0.4) is 0 Å². The van der Waals surface area contributed by atoms with E-state index in [4.69, 9.17) is 0 Å². The predicted molar refractivity (Wildman–Crippen MR) is 64.0 cm³/mol. The highest BCUT2D eigenvalue weighted by Crippen LogP contribution is 2.36. The fourth-order valence-electron chi connectivity index (χ4n) is 2.22. The van der Waals surface area contributed by atoms with Gasteiger partial charge in [-0.15, -0.1) is 0 Å². The lowest BCUT2D eigenvalue weighted by Crippen LogP contribution is -2.36. The van der Waals surface area contributed by atoms with Gasteiger partial charge in [0, 0.05) is 6.20 Å². The molecule has 1 fully saturated rings. The molecule has 0 spiro atoms. The van der Waals surface area contributed by atoms with Gasteiger partial charge in [0.25, 0.3) is 0 Å². The molecule has 1 saturated carbocycles. The molecule has 2 rings (SSSR count). The van der Waals surface area contributed by atoms with Crippen LogP contribution >= 0.6 is 0 Å². The van der Waals surface area contributed by atoms with E-state index in [1.807, 2.05) is 6.07 Å². The Hall–Kier alpha value is -1.89. The van der Waals surface area contributed by atoms with Gasteiger partial charge in [-0.2, -0.15) is 5.26 Å². The molecule has 4 nitrogen and oxygen atoms in total. The average Bonchev–Trinajstić information content (AvgIpc) is 2.40. The van der Waals surface area contributed by atoms with Crippen molar-refractivity contribution in [2.45, 2.75) is 32.1 Å². The molecule has 0 saturated heterocycles. The van der Waals surface area contributed by atoms with E-state index in [2.05, 4.69) is 16.4 Å². The number of amides is 1. The molecule has 0 radical (unpaired) electrons. The third kappa shape index (κ3) is 2.44.